The highest BCUT2D eigenvalue weighted by molar-refractivity contribution is 6.33. The van der Waals surface area contributed by atoms with Gasteiger partial charge in [-0.25, -0.2) is 9.78 Å². The second-order valence-electron chi connectivity index (χ2n) is 7.52. The van der Waals surface area contributed by atoms with Crippen molar-refractivity contribution in [1.29, 1.82) is 0 Å². The molecule has 7 heteroatoms. The summed E-state index contributed by atoms with van der Waals surface area (Å²) in [5, 5.41) is 13.4. The van der Waals surface area contributed by atoms with Gasteiger partial charge in [-0.3, -0.25) is 4.79 Å². The number of furan rings is 1. The molecule has 0 aliphatic rings. The maximum absolute atomic E-state index is 13.3. The number of nitrogens with one attached hydrogen (secondary N) is 1. The molecular weight excluding hydrogens is 452 g/mol. The molecule has 5 aromatic rings. The van der Waals surface area contributed by atoms with Gasteiger partial charge in [-0.2, -0.15) is 0 Å². The van der Waals surface area contributed by atoms with E-state index in [4.69, 9.17) is 16.0 Å². The summed E-state index contributed by atoms with van der Waals surface area (Å²) in [7, 11) is 0. The standard InChI is InChI=1S/C27H17ClN2O4/c28-20-10-4-1-8-17(20)24-13-14-25(34-24)23-15-19(16-7-2-5-11-21(16)29-23)26(31)30-22-12-6-3-9-18(22)27(32)33/h1-15H,(H,30,31)(H,32,33). The third-order valence-corrected chi connectivity index (χ3v) is 5.69. The molecule has 0 aliphatic carbocycles. The van der Waals surface area contributed by atoms with Crippen LogP contribution in [-0.4, -0.2) is 22.0 Å². The number of rotatable bonds is 5. The van der Waals surface area contributed by atoms with E-state index in [2.05, 4.69) is 10.3 Å². The van der Waals surface area contributed by atoms with E-state index in [0.29, 0.717) is 38.7 Å². The zero-order valence-electron chi connectivity index (χ0n) is 17.7. The van der Waals surface area contributed by atoms with Crippen LogP contribution in [0.15, 0.2) is 95.4 Å². The Labute approximate surface area is 199 Å². The summed E-state index contributed by atoms with van der Waals surface area (Å²) in [5.41, 5.74) is 2.38. The smallest absolute Gasteiger partial charge is 0.337 e. The molecule has 2 heterocycles. The molecule has 0 spiro atoms. The first-order chi connectivity index (χ1) is 16.5. The fraction of sp³-hybridized carbons (Fsp3) is 0. The maximum Gasteiger partial charge on any atom is 0.337 e. The Kier molecular flexibility index (Phi) is 5.57. The highest BCUT2D eigenvalue weighted by Crippen LogP contribution is 2.33. The monoisotopic (exact) mass is 468 g/mol. The second-order valence-corrected chi connectivity index (χ2v) is 7.93. The Morgan fingerprint density at radius 1 is 0.824 bits per heavy atom. The number of fused-ring (bicyclic) bond motifs is 1. The molecule has 0 unspecified atom stereocenters. The van der Waals surface area contributed by atoms with Crippen LogP contribution >= 0.6 is 11.6 Å². The molecule has 5 rings (SSSR count). The third kappa shape index (κ3) is 4.02. The van der Waals surface area contributed by atoms with Gasteiger partial charge in [-0.1, -0.05) is 54.1 Å². The number of carboxylic acid groups (broad SMARTS) is 1. The Hall–Kier alpha value is -4.42. The number of aromatic nitrogens is 1. The van der Waals surface area contributed by atoms with Gasteiger partial charge >= 0.3 is 5.97 Å². The second kappa shape index (κ2) is 8.84. The summed E-state index contributed by atoms with van der Waals surface area (Å²) >= 11 is 6.30. The molecule has 0 saturated carbocycles. The number of carboxylic acids is 1. The molecule has 0 radical (unpaired) electrons. The molecule has 166 valence electrons. The minimum Gasteiger partial charge on any atom is -0.478 e. The molecule has 1 amide bonds. The zero-order valence-corrected chi connectivity index (χ0v) is 18.4. The average Bonchev–Trinajstić information content (AvgIpc) is 3.34. The summed E-state index contributed by atoms with van der Waals surface area (Å²) < 4.78 is 6.03. The predicted molar refractivity (Wildman–Crippen MR) is 131 cm³/mol. The van der Waals surface area contributed by atoms with Crippen molar-refractivity contribution in [2.45, 2.75) is 0 Å². The van der Waals surface area contributed by atoms with E-state index >= 15 is 0 Å². The molecular formula is C27H17ClN2O4. The van der Waals surface area contributed by atoms with Crippen molar-refractivity contribution in [3.8, 4) is 22.8 Å². The first-order valence-electron chi connectivity index (χ1n) is 10.4. The van der Waals surface area contributed by atoms with Gasteiger partial charge < -0.3 is 14.8 Å². The van der Waals surface area contributed by atoms with E-state index in [1.165, 1.54) is 6.07 Å². The van der Waals surface area contributed by atoms with Crippen LogP contribution in [0, 0.1) is 0 Å². The Morgan fingerprint density at radius 2 is 1.53 bits per heavy atom. The Bertz CT molecular complexity index is 1560. The summed E-state index contributed by atoms with van der Waals surface area (Å²) in [6.07, 6.45) is 0. The van der Waals surface area contributed by atoms with Crippen LogP contribution in [0.5, 0.6) is 0 Å². The topological polar surface area (TPSA) is 92.4 Å². The molecule has 2 aromatic heterocycles. The van der Waals surface area contributed by atoms with Crippen molar-refractivity contribution in [3.05, 3.63) is 107 Å². The first kappa shape index (κ1) is 21.4. The number of hydrogen-bond donors (Lipinski definition) is 2. The van der Waals surface area contributed by atoms with Crippen molar-refractivity contribution in [1.82, 2.24) is 4.98 Å². The number of para-hydroxylation sites is 2. The van der Waals surface area contributed by atoms with Gasteiger partial charge in [0, 0.05) is 10.9 Å². The summed E-state index contributed by atoms with van der Waals surface area (Å²) in [6, 6.07) is 26.1. The van der Waals surface area contributed by atoms with E-state index < -0.39 is 11.9 Å². The maximum atomic E-state index is 13.3. The normalized spacial score (nSPS) is 10.9. The largest absolute Gasteiger partial charge is 0.478 e. The fourth-order valence-corrected chi connectivity index (χ4v) is 3.97. The van der Waals surface area contributed by atoms with Gasteiger partial charge in [0.05, 0.1) is 27.4 Å². The van der Waals surface area contributed by atoms with Gasteiger partial charge in [-0.05, 0) is 48.5 Å². The highest BCUT2D eigenvalue weighted by Gasteiger charge is 2.18. The number of carbonyl (C=O) groups excluding carboxylic acids is 1. The van der Waals surface area contributed by atoms with Gasteiger partial charge in [0.25, 0.3) is 5.91 Å². The predicted octanol–water partition coefficient (Wildman–Crippen LogP) is 6.77. The van der Waals surface area contributed by atoms with Crippen LogP contribution in [0.2, 0.25) is 5.02 Å². The Morgan fingerprint density at radius 3 is 2.35 bits per heavy atom. The zero-order chi connectivity index (χ0) is 23.7. The van der Waals surface area contributed by atoms with Crippen molar-refractivity contribution in [2.75, 3.05) is 5.32 Å². The molecule has 0 aliphatic heterocycles. The van der Waals surface area contributed by atoms with Gasteiger partial charge in [0.2, 0.25) is 0 Å². The Balaban J connectivity index is 1.57. The van der Waals surface area contributed by atoms with E-state index in [9.17, 15) is 14.7 Å². The number of aromatic carboxylic acids is 1. The number of halogens is 1. The molecule has 34 heavy (non-hydrogen) atoms. The fourth-order valence-electron chi connectivity index (χ4n) is 3.74. The molecule has 2 N–H and O–H groups in total. The molecule has 0 atom stereocenters. The summed E-state index contributed by atoms with van der Waals surface area (Å²) in [6.45, 7) is 0. The number of carbonyl (C=O) groups is 2. The van der Waals surface area contributed by atoms with Crippen molar-refractivity contribution >= 4 is 40.1 Å². The van der Waals surface area contributed by atoms with Crippen LogP contribution < -0.4 is 5.32 Å². The molecule has 0 bridgehead atoms. The average molecular weight is 469 g/mol. The van der Waals surface area contributed by atoms with Gasteiger partial charge in [-0.15, -0.1) is 0 Å². The highest BCUT2D eigenvalue weighted by atomic mass is 35.5. The van der Waals surface area contributed by atoms with E-state index in [1.54, 1.807) is 54.6 Å². The molecule has 0 saturated heterocycles. The molecule has 6 nitrogen and oxygen atoms in total. The van der Waals surface area contributed by atoms with Crippen LogP contribution in [0.4, 0.5) is 5.69 Å². The number of benzene rings is 3. The summed E-state index contributed by atoms with van der Waals surface area (Å²) in [4.78, 5) is 29.5. The quantitative estimate of drug-likeness (QED) is 0.297. The molecule has 3 aromatic carbocycles. The lowest BCUT2D eigenvalue weighted by atomic mass is 10.1. The number of nitrogens with zero attached hydrogens (tertiary/aromatic N) is 1. The van der Waals surface area contributed by atoms with Crippen molar-refractivity contribution in [2.24, 2.45) is 0 Å². The van der Waals surface area contributed by atoms with Gasteiger partial charge in [0.1, 0.15) is 11.5 Å². The number of amides is 1. The van der Waals surface area contributed by atoms with Crippen LogP contribution in [0.3, 0.4) is 0 Å². The van der Waals surface area contributed by atoms with Crippen molar-refractivity contribution in [3.63, 3.8) is 0 Å². The number of hydrogen-bond acceptors (Lipinski definition) is 4. The van der Waals surface area contributed by atoms with Crippen LogP contribution in [-0.2, 0) is 0 Å². The minimum absolute atomic E-state index is 0.00449. The number of pyridine rings is 1. The first-order valence-corrected chi connectivity index (χ1v) is 10.8. The minimum atomic E-state index is -1.13. The third-order valence-electron chi connectivity index (χ3n) is 5.36. The van der Waals surface area contributed by atoms with Crippen molar-refractivity contribution < 1.29 is 19.1 Å². The summed E-state index contributed by atoms with van der Waals surface area (Å²) in [5.74, 6) is -0.525. The van der Waals surface area contributed by atoms with E-state index in [-0.39, 0.29) is 11.3 Å². The lowest BCUT2D eigenvalue weighted by Crippen LogP contribution is -2.15. The van der Waals surface area contributed by atoms with E-state index in [0.717, 1.165) is 5.56 Å². The SMILES string of the molecule is O=C(O)c1ccccc1NC(=O)c1cc(-c2ccc(-c3ccccc3Cl)o2)nc2ccccc12. The molecule has 0 fully saturated rings. The lowest BCUT2D eigenvalue weighted by Gasteiger charge is -2.11. The van der Waals surface area contributed by atoms with Crippen LogP contribution in [0.1, 0.15) is 20.7 Å². The van der Waals surface area contributed by atoms with E-state index in [1.807, 2.05) is 30.3 Å². The number of anilines is 1. The van der Waals surface area contributed by atoms with Gasteiger partial charge in [0.15, 0.2) is 5.76 Å². The van der Waals surface area contributed by atoms with Crippen LogP contribution in [0.25, 0.3) is 33.7 Å². The lowest BCUT2D eigenvalue weighted by molar-refractivity contribution is 0.0698.